The average molecular weight is 229 g/mol. The Hall–Kier alpha value is -0.420. The van der Waals surface area contributed by atoms with Gasteiger partial charge in [-0.15, -0.1) is 0 Å². The molecule has 0 bridgehead atoms. The van der Waals surface area contributed by atoms with Crippen LogP contribution in [0.2, 0.25) is 0 Å². The molecule has 0 saturated carbocycles. The van der Waals surface area contributed by atoms with E-state index in [1.807, 2.05) is 0 Å². The summed E-state index contributed by atoms with van der Waals surface area (Å²) in [6.07, 6.45) is 6.75. The molecule has 0 unspecified atom stereocenters. The van der Waals surface area contributed by atoms with E-state index in [2.05, 4.69) is 17.5 Å². The highest BCUT2D eigenvalue weighted by Crippen LogP contribution is 2.08. The predicted molar refractivity (Wildman–Crippen MR) is 63.7 cm³/mol. The lowest BCUT2D eigenvalue weighted by Gasteiger charge is -2.11. The van der Waals surface area contributed by atoms with Gasteiger partial charge in [0.1, 0.15) is 0 Å². The standard InChI is InChI=1S/C12H23NO3/c1-14-8-9-16-11-10-15-7-6-13-12-4-2-3-5-12/h2-3,12-13H,4-11H2,1H3. The van der Waals surface area contributed by atoms with Crippen molar-refractivity contribution >= 4 is 0 Å². The summed E-state index contributed by atoms with van der Waals surface area (Å²) in [5.41, 5.74) is 0. The smallest absolute Gasteiger partial charge is 0.0701 e. The predicted octanol–water partition coefficient (Wildman–Crippen LogP) is 0.974. The number of nitrogens with one attached hydrogen (secondary N) is 1. The third kappa shape index (κ3) is 6.95. The molecule has 0 aliphatic heterocycles. The van der Waals surface area contributed by atoms with Gasteiger partial charge < -0.3 is 19.5 Å². The van der Waals surface area contributed by atoms with Gasteiger partial charge in [0.2, 0.25) is 0 Å². The molecule has 0 fully saturated rings. The zero-order chi connectivity index (χ0) is 11.5. The topological polar surface area (TPSA) is 39.7 Å². The van der Waals surface area contributed by atoms with Gasteiger partial charge >= 0.3 is 0 Å². The number of ether oxygens (including phenoxy) is 3. The molecule has 0 aromatic carbocycles. The van der Waals surface area contributed by atoms with Crippen molar-refractivity contribution in [1.29, 1.82) is 0 Å². The van der Waals surface area contributed by atoms with Crippen molar-refractivity contribution in [2.45, 2.75) is 18.9 Å². The van der Waals surface area contributed by atoms with E-state index in [4.69, 9.17) is 14.2 Å². The summed E-state index contributed by atoms with van der Waals surface area (Å²) >= 11 is 0. The zero-order valence-corrected chi connectivity index (χ0v) is 10.1. The first kappa shape index (κ1) is 13.6. The number of hydrogen-bond donors (Lipinski definition) is 1. The van der Waals surface area contributed by atoms with Crippen LogP contribution in [0, 0.1) is 0 Å². The van der Waals surface area contributed by atoms with Crippen molar-refractivity contribution in [2.24, 2.45) is 0 Å². The molecule has 0 saturated heterocycles. The van der Waals surface area contributed by atoms with E-state index in [0.717, 1.165) is 26.0 Å². The van der Waals surface area contributed by atoms with Crippen LogP contribution in [0.25, 0.3) is 0 Å². The summed E-state index contributed by atoms with van der Waals surface area (Å²) in [5, 5.41) is 3.44. The quantitative estimate of drug-likeness (QED) is 0.448. The van der Waals surface area contributed by atoms with Gasteiger partial charge in [0.25, 0.3) is 0 Å². The first-order valence-electron chi connectivity index (χ1n) is 5.96. The second-order valence-corrected chi connectivity index (χ2v) is 3.81. The van der Waals surface area contributed by atoms with Crippen LogP contribution in [0.3, 0.4) is 0 Å². The minimum Gasteiger partial charge on any atom is -0.382 e. The minimum absolute atomic E-state index is 0.626. The molecule has 0 aromatic rings. The van der Waals surface area contributed by atoms with Crippen LogP contribution < -0.4 is 5.32 Å². The molecular weight excluding hydrogens is 206 g/mol. The Morgan fingerprint density at radius 2 is 1.62 bits per heavy atom. The summed E-state index contributed by atoms with van der Waals surface area (Å²) in [5.74, 6) is 0. The van der Waals surface area contributed by atoms with Crippen molar-refractivity contribution in [1.82, 2.24) is 5.32 Å². The molecule has 4 heteroatoms. The fourth-order valence-electron chi connectivity index (χ4n) is 1.58. The fourth-order valence-corrected chi connectivity index (χ4v) is 1.58. The lowest BCUT2D eigenvalue weighted by molar-refractivity contribution is 0.0252. The molecule has 0 spiro atoms. The van der Waals surface area contributed by atoms with Crippen LogP contribution in [-0.2, 0) is 14.2 Å². The summed E-state index contributed by atoms with van der Waals surface area (Å²) in [7, 11) is 1.67. The van der Waals surface area contributed by atoms with E-state index in [0.29, 0.717) is 32.5 Å². The van der Waals surface area contributed by atoms with E-state index in [1.54, 1.807) is 7.11 Å². The van der Waals surface area contributed by atoms with Gasteiger partial charge in [-0.3, -0.25) is 0 Å². The number of rotatable bonds is 10. The lowest BCUT2D eigenvalue weighted by atomic mass is 10.2. The van der Waals surface area contributed by atoms with Gasteiger partial charge in [0.05, 0.1) is 33.0 Å². The second kappa shape index (κ2) is 9.78. The van der Waals surface area contributed by atoms with Gasteiger partial charge in [-0.25, -0.2) is 0 Å². The molecule has 94 valence electrons. The molecular formula is C12H23NO3. The van der Waals surface area contributed by atoms with Crippen molar-refractivity contribution in [3.63, 3.8) is 0 Å². The molecule has 0 heterocycles. The van der Waals surface area contributed by atoms with Crippen LogP contribution in [0.5, 0.6) is 0 Å². The molecule has 1 rings (SSSR count). The Morgan fingerprint density at radius 3 is 2.31 bits per heavy atom. The zero-order valence-electron chi connectivity index (χ0n) is 10.1. The van der Waals surface area contributed by atoms with Crippen LogP contribution in [0.4, 0.5) is 0 Å². The third-order valence-corrected chi connectivity index (χ3v) is 2.49. The summed E-state index contributed by atoms with van der Waals surface area (Å²) < 4.78 is 15.6. The minimum atomic E-state index is 0.626. The molecule has 1 aliphatic carbocycles. The molecule has 4 nitrogen and oxygen atoms in total. The van der Waals surface area contributed by atoms with Gasteiger partial charge in [-0.05, 0) is 12.8 Å². The maximum Gasteiger partial charge on any atom is 0.0701 e. The molecule has 16 heavy (non-hydrogen) atoms. The maximum absolute atomic E-state index is 5.42. The van der Waals surface area contributed by atoms with Crippen molar-refractivity contribution in [3.05, 3.63) is 12.2 Å². The highest BCUT2D eigenvalue weighted by molar-refractivity contribution is 4.97. The lowest BCUT2D eigenvalue weighted by Crippen LogP contribution is -2.30. The molecule has 0 atom stereocenters. The van der Waals surface area contributed by atoms with E-state index >= 15 is 0 Å². The number of hydrogen-bond acceptors (Lipinski definition) is 4. The largest absolute Gasteiger partial charge is 0.382 e. The van der Waals surface area contributed by atoms with Gasteiger partial charge in [-0.2, -0.15) is 0 Å². The van der Waals surface area contributed by atoms with Crippen LogP contribution in [0.15, 0.2) is 12.2 Å². The highest BCUT2D eigenvalue weighted by Gasteiger charge is 2.07. The molecule has 0 radical (unpaired) electrons. The van der Waals surface area contributed by atoms with Crippen LogP contribution >= 0.6 is 0 Å². The Bertz CT molecular complexity index is 177. The molecule has 0 amide bonds. The maximum atomic E-state index is 5.42. The average Bonchev–Trinajstić information content (AvgIpc) is 2.80. The Kier molecular flexibility index (Phi) is 8.34. The van der Waals surface area contributed by atoms with Crippen molar-refractivity contribution < 1.29 is 14.2 Å². The van der Waals surface area contributed by atoms with Gasteiger partial charge in [0, 0.05) is 19.7 Å². The Balaban J connectivity index is 1.71. The fraction of sp³-hybridized carbons (Fsp3) is 0.833. The molecule has 0 aromatic heterocycles. The van der Waals surface area contributed by atoms with Gasteiger partial charge in [-0.1, -0.05) is 12.2 Å². The first-order chi connectivity index (χ1) is 7.93. The van der Waals surface area contributed by atoms with Gasteiger partial charge in [0.15, 0.2) is 0 Å². The number of methoxy groups -OCH3 is 1. The normalized spacial score (nSPS) is 16.1. The molecule has 1 N–H and O–H groups in total. The third-order valence-electron chi connectivity index (χ3n) is 2.49. The van der Waals surface area contributed by atoms with Crippen LogP contribution in [-0.4, -0.2) is 52.7 Å². The molecule has 1 aliphatic rings. The Morgan fingerprint density at radius 1 is 1.00 bits per heavy atom. The summed E-state index contributed by atoms with van der Waals surface area (Å²) in [6, 6.07) is 0.626. The Labute approximate surface area is 97.9 Å². The van der Waals surface area contributed by atoms with Crippen LogP contribution in [0.1, 0.15) is 12.8 Å². The van der Waals surface area contributed by atoms with E-state index in [1.165, 1.54) is 0 Å². The van der Waals surface area contributed by atoms with E-state index < -0.39 is 0 Å². The van der Waals surface area contributed by atoms with Crippen molar-refractivity contribution in [3.8, 4) is 0 Å². The summed E-state index contributed by atoms with van der Waals surface area (Å²) in [4.78, 5) is 0. The van der Waals surface area contributed by atoms with Crippen molar-refractivity contribution in [2.75, 3.05) is 46.7 Å². The SMILES string of the molecule is COCCOCCOCCNC1CC=CC1. The summed E-state index contributed by atoms with van der Waals surface area (Å²) in [6.45, 7) is 4.28. The van der Waals surface area contributed by atoms with E-state index in [9.17, 15) is 0 Å². The second-order valence-electron chi connectivity index (χ2n) is 3.81. The first-order valence-corrected chi connectivity index (χ1v) is 5.96. The van der Waals surface area contributed by atoms with E-state index in [-0.39, 0.29) is 0 Å². The highest BCUT2D eigenvalue weighted by atomic mass is 16.5. The monoisotopic (exact) mass is 229 g/mol.